The number of fused-ring (bicyclic) bond motifs is 1. The summed E-state index contributed by atoms with van der Waals surface area (Å²) in [6, 6.07) is 12.5. The Labute approximate surface area is 165 Å². The fourth-order valence-electron chi connectivity index (χ4n) is 4.09. The number of likely N-dealkylation sites (N-methyl/N-ethyl adjacent to an activating group) is 1. The van der Waals surface area contributed by atoms with Crippen LogP contribution in [0.25, 0.3) is 22.4 Å². The molecule has 2 aromatic carbocycles. The van der Waals surface area contributed by atoms with Crippen LogP contribution >= 0.6 is 11.6 Å². The van der Waals surface area contributed by atoms with E-state index in [1.807, 2.05) is 31.3 Å². The van der Waals surface area contributed by atoms with E-state index in [1.165, 1.54) is 37.1 Å². The number of piperidine rings is 1. The molecule has 0 bridgehead atoms. The summed E-state index contributed by atoms with van der Waals surface area (Å²) < 4.78 is 0. The zero-order chi connectivity index (χ0) is 18.8. The average Bonchev–Trinajstić information content (AvgIpc) is 3.11. The van der Waals surface area contributed by atoms with Crippen molar-refractivity contribution in [1.29, 1.82) is 0 Å². The Morgan fingerprint density at radius 2 is 2.00 bits per heavy atom. The number of aromatic nitrogens is 2. The lowest BCUT2D eigenvalue weighted by Crippen LogP contribution is -2.37. The number of nitrogens with zero attached hydrogens (tertiary/aromatic N) is 2. The number of H-pyrrole nitrogens is 1. The smallest absolute Gasteiger partial charge is 0.140 e. The largest absolute Gasteiger partial charge is 0.338 e. The van der Waals surface area contributed by atoms with Crippen LogP contribution < -0.4 is 5.32 Å². The number of rotatable bonds is 5. The summed E-state index contributed by atoms with van der Waals surface area (Å²) in [4.78, 5) is 10.9. The third-order valence-corrected chi connectivity index (χ3v) is 6.00. The lowest BCUT2D eigenvalue weighted by Gasteiger charge is -2.32. The fourth-order valence-corrected chi connectivity index (χ4v) is 4.32. The number of aryl methyl sites for hydroxylation is 1. The molecule has 0 spiro atoms. The first-order chi connectivity index (χ1) is 13.2. The summed E-state index contributed by atoms with van der Waals surface area (Å²) in [7, 11) is 2.02. The Morgan fingerprint density at radius 3 is 2.74 bits per heavy atom. The molecule has 0 saturated carbocycles. The average molecular weight is 383 g/mol. The quantitative estimate of drug-likeness (QED) is 0.678. The molecule has 0 atom stereocenters. The molecule has 142 valence electrons. The minimum Gasteiger partial charge on any atom is -0.338 e. The molecule has 1 aliphatic heterocycles. The number of likely N-dealkylation sites (tertiary alicyclic amines) is 1. The van der Waals surface area contributed by atoms with E-state index in [0.29, 0.717) is 5.92 Å². The first kappa shape index (κ1) is 18.5. The van der Waals surface area contributed by atoms with Crippen molar-refractivity contribution in [3.8, 4) is 11.4 Å². The van der Waals surface area contributed by atoms with Crippen LogP contribution in [0.5, 0.6) is 0 Å². The van der Waals surface area contributed by atoms with Gasteiger partial charge in [0.1, 0.15) is 5.82 Å². The molecular weight excluding hydrogens is 356 g/mol. The summed E-state index contributed by atoms with van der Waals surface area (Å²) in [5.74, 6) is 1.48. The van der Waals surface area contributed by atoms with Crippen LogP contribution in [-0.2, 0) is 0 Å². The molecule has 3 aromatic rings. The summed E-state index contributed by atoms with van der Waals surface area (Å²) in [6.07, 6.45) is 2.44. The maximum Gasteiger partial charge on any atom is 0.140 e. The summed E-state index contributed by atoms with van der Waals surface area (Å²) >= 11 is 6.36. The molecule has 27 heavy (non-hydrogen) atoms. The zero-order valence-corrected chi connectivity index (χ0v) is 16.8. The first-order valence-corrected chi connectivity index (χ1v) is 10.2. The number of benzene rings is 2. The van der Waals surface area contributed by atoms with Gasteiger partial charge in [0.2, 0.25) is 0 Å². The van der Waals surface area contributed by atoms with Crippen LogP contribution in [0.4, 0.5) is 0 Å². The van der Waals surface area contributed by atoms with Gasteiger partial charge in [-0.05, 0) is 75.1 Å². The van der Waals surface area contributed by atoms with E-state index in [0.717, 1.165) is 40.5 Å². The Hall–Kier alpha value is -1.88. The second-order valence-electron chi connectivity index (χ2n) is 7.52. The van der Waals surface area contributed by atoms with Crippen LogP contribution in [0.1, 0.15) is 29.9 Å². The van der Waals surface area contributed by atoms with Crippen molar-refractivity contribution >= 4 is 22.6 Å². The zero-order valence-electron chi connectivity index (χ0n) is 16.1. The summed E-state index contributed by atoms with van der Waals surface area (Å²) in [5, 5.41) is 3.97. The van der Waals surface area contributed by atoms with Gasteiger partial charge < -0.3 is 15.2 Å². The number of aromatic amines is 1. The van der Waals surface area contributed by atoms with E-state index in [9.17, 15) is 0 Å². The molecule has 0 aliphatic carbocycles. The summed E-state index contributed by atoms with van der Waals surface area (Å²) in [6.45, 7) is 6.72. The van der Waals surface area contributed by atoms with Crippen LogP contribution in [0.3, 0.4) is 0 Å². The van der Waals surface area contributed by atoms with Crippen molar-refractivity contribution in [3.05, 3.63) is 52.5 Å². The maximum atomic E-state index is 6.36. The lowest BCUT2D eigenvalue weighted by molar-refractivity contribution is 0.214. The number of hydrogen-bond acceptors (Lipinski definition) is 3. The molecule has 1 aromatic heterocycles. The lowest BCUT2D eigenvalue weighted by atomic mass is 9.88. The van der Waals surface area contributed by atoms with E-state index in [2.05, 4.69) is 34.3 Å². The molecule has 4 nitrogen and oxygen atoms in total. The van der Waals surface area contributed by atoms with Gasteiger partial charge in [0, 0.05) is 18.7 Å². The highest BCUT2D eigenvalue weighted by Gasteiger charge is 2.21. The Balaban J connectivity index is 1.58. The molecule has 2 N–H and O–H groups in total. The second kappa shape index (κ2) is 8.01. The molecule has 1 fully saturated rings. The fraction of sp³-hybridized carbons (Fsp3) is 0.409. The van der Waals surface area contributed by atoms with Gasteiger partial charge in [-0.1, -0.05) is 29.8 Å². The molecule has 0 amide bonds. The Kier molecular flexibility index (Phi) is 5.48. The molecule has 0 unspecified atom stereocenters. The monoisotopic (exact) mass is 382 g/mol. The minimum absolute atomic E-state index is 0.631. The van der Waals surface area contributed by atoms with Gasteiger partial charge in [-0.25, -0.2) is 4.98 Å². The summed E-state index contributed by atoms with van der Waals surface area (Å²) in [5.41, 5.74) is 5.77. The molecule has 1 aliphatic rings. The van der Waals surface area contributed by atoms with Gasteiger partial charge in [0.15, 0.2) is 0 Å². The molecule has 2 heterocycles. The SMILES string of the molecule is CNCCN1CCC(c2cc(C)c3nc(-c4ccccc4Cl)[nH]c3c2)CC1. The standard InChI is InChI=1S/C22H27ClN4/c1-15-13-17(16-7-10-27(11-8-16)12-9-24-2)14-20-21(15)26-22(25-20)18-5-3-4-6-19(18)23/h3-6,13-14,16,24H,7-12H2,1-2H3,(H,25,26). The predicted octanol–water partition coefficient (Wildman–Crippen LogP) is 4.59. The third kappa shape index (κ3) is 3.88. The van der Waals surface area contributed by atoms with E-state index in [1.54, 1.807) is 0 Å². The van der Waals surface area contributed by atoms with E-state index < -0.39 is 0 Å². The van der Waals surface area contributed by atoms with Crippen molar-refractivity contribution in [2.45, 2.75) is 25.7 Å². The van der Waals surface area contributed by atoms with E-state index in [4.69, 9.17) is 16.6 Å². The van der Waals surface area contributed by atoms with E-state index >= 15 is 0 Å². The highest BCUT2D eigenvalue weighted by molar-refractivity contribution is 6.33. The van der Waals surface area contributed by atoms with Crippen LogP contribution in [0, 0.1) is 6.92 Å². The highest BCUT2D eigenvalue weighted by atomic mass is 35.5. The highest BCUT2D eigenvalue weighted by Crippen LogP contribution is 2.33. The van der Waals surface area contributed by atoms with Crippen molar-refractivity contribution in [3.63, 3.8) is 0 Å². The number of halogens is 1. The second-order valence-corrected chi connectivity index (χ2v) is 7.93. The van der Waals surface area contributed by atoms with Crippen LogP contribution in [0.15, 0.2) is 36.4 Å². The number of nitrogens with one attached hydrogen (secondary N) is 2. The predicted molar refractivity (Wildman–Crippen MR) is 114 cm³/mol. The topological polar surface area (TPSA) is 44.0 Å². The molecule has 5 heteroatoms. The van der Waals surface area contributed by atoms with Gasteiger partial charge in [-0.15, -0.1) is 0 Å². The van der Waals surface area contributed by atoms with Gasteiger partial charge >= 0.3 is 0 Å². The van der Waals surface area contributed by atoms with Crippen molar-refractivity contribution < 1.29 is 0 Å². The van der Waals surface area contributed by atoms with Gasteiger partial charge in [0.05, 0.1) is 16.1 Å². The molecule has 0 radical (unpaired) electrons. The van der Waals surface area contributed by atoms with Gasteiger partial charge in [-0.2, -0.15) is 0 Å². The molecule has 4 rings (SSSR count). The van der Waals surface area contributed by atoms with Gasteiger partial charge in [0.25, 0.3) is 0 Å². The van der Waals surface area contributed by atoms with Crippen molar-refractivity contribution in [2.24, 2.45) is 0 Å². The Bertz CT molecular complexity index is 925. The third-order valence-electron chi connectivity index (χ3n) is 5.67. The van der Waals surface area contributed by atoms with Crippen LogP contribution in [0.2, 0.25) is 5.02 Å². The molecule has 1 saturated heterocycles. The maximum absolute atomic E-state index is 6.36. The van der Waals surface area contributed by atoms with Crippen molar-refractivity contribution in [2.75, 3.05) is 33.2 Å². The minimum atomic E-state index is 0.631. The Morgan fingerprint density at radius 1 is 1.22 bits per heavy atom. The van der Waals surface area contributed by atoms with Crippen molar-refractivity contribution in [1.82, 2.24) is 20.2 Å². The first-order valence-electron chi connectivity index (χ1n) is 9.78. The molecular formula is C22H27ClN4. The normalized spacial score (nSPS) is 16.3. The van der Waals surface area contributed by atoms with Crippen LogP contribution in [-0.4, -0.2) is 48.1 Å². The number of hydrogen-bond donors (Lipinski definition) is 2. The van der Waals surface area contributed by atoms with E-state index in [-0.39, 0.29) is 0 Å². The number of imidazole rings is 1. The van der Waals surface area contributed by atoms with Gasteiger partial charge in [-0.3, -0.25) is 0 Å².